The highest BCUT2D eigenvalue weighted by Gasteiger charge is 2.37. The van der Waals surface area contributed by atoms with E-state index in [0.29, 0.717) is 5.69 Å². The molecule has 0 saturated carbocycles. The number of para-hydroxylation sites is 1. The minimum Gasteiger partial charge on any atom is -0.459 e. The van der Waals surface area contributed by atoms with Gasteiger partial charge < -0.3 is 24.8 Å². The van der Waals surface area contributed by atoms with Crippen LogP contribution in [-0.2, 0) is 14.9 Å². The maximum Gasteiger partial charge on any atom is 0.341 e. The highest BCUT2D eigenvalue weighted by Crippen LogP contribution is 2.40. The number of H-pyrrole nitrogens is 1. The first-order valence-electron chi connectivity index (χ1n) is 10.7. The lowest BCUT2D eigenvalue weighted by atomic mass is 9.81. The van der Waals surface area contributed by atoms with Gasteiger partial charge in [0.05, 0.1) is 17.9 Å². The standard InChI is InChI=1S/C25H24F2N2O5/c1-25(2)13-29(23(32)14-7-8-18(26)19(27)9-14)10-17(24(33)34-12-15(31)11-30)22-21(25)16-5-3-4-6-20(16)28-22/h3-10,15,28,30-31H,11-13H2,1-2H3/t15-/m0/s1. The van der Waals surface area contributed by atoms with Crippen LogP contribution in [0, 0.1) is 11.6 Å². The van der Waals surface area contributed by atoms with E-state index in [-0.39, 0.29) is 17.7 Å². The van der Waals surface area contributed by atoms with Gasteiger partial charge in [-0.05, 0) is 29.8 Å². The summed E-state index contributed by atoms with van der Waals surface area (Å²) in [6, 6.07) is 10.3. The van der Waals surface area contributed by atoms with E-state index in [4.69, 9.17) is 9.84 Å². The number of esters is 1. The molecule has 0 unspecified atom stereocenters. The molecular weight excluding hydrogens is 446 g/mol. The minimum atomic E-state index is -1.26. The van der Waals surface area contributed by atoms with E-state index in [1.807, 2.05) is 38.1 Å². The van der Waals surface area contributed by atoms with E-state index in [1.54, 1.807) is 0 Å². The second-order valence-corrected chi connectivity index (χ2v) is 8.84. The van der Waals surface area contributed by atoms with E-state index in [0.717, 1.165) is 28.6 Å². The van der Waals surface area contributed by atoms with Crippen LogP contribution in [0.1, 0.15) is 35.5 Å². The molecule has 3 aromatic rings. The lowest BCUT2D eigenvalue weighted by molar-refractivity contribution is -0.140. The molecule has 2 aromatic carbocycles. The van der Waals surface area contributed by atoms with Crippen molar-refractivity contribution in [3.05, 3.63) is 77.1 Å². The number of hydrogen-bond donors (Lipinski definition) is 3. The lowest BCUT2D eigenvalue weighted by Gasteiger charge is -2.29. The summed E-state index contributed by atoms with van der Waals surface area (Å²) in [5.41, 5.74) is 1.31. The molecule has 2 heterocycles. The van der Waals surface area contributed by atoms with Gasteiger partial charge in [0, 0.05) is 34.6 Å². The van der Waals surface area contributed by atoms with Crippen molar-refractivity contribution in [3.63, 3.8) is 0 Å². The summed E-state index contributed by atoms with van der Waals surface area (Å²) in [4.78, 5) is 30.9. The molecular formula is C25H24F2N2O5. The van der Waals surface area contributed by atoms with E-state index in [1.165, 1.54) is 17.2 Å². The van der Waals surface area contributed by atoms with Crippen molar-refractivity contribution in [2.75, 3.05) is 19.8 Å². The summed E-state index contributed by atoms with van der Waals surface area (Å²) in [6.45, 7) is 2.93. The number of benzene rings is 2. The number of carbonyl (C=O) groups excluding carboxylic acids is 2. The van der Waals surface area contributed by atoms with Gasteiger partial charge in [0.25, 0.3) is 5.91 Å². The van der Waals surface area contributed by atoms with Crippen molar-refractivity contribution in [1.29, 1.82) is 0 Å². The van der Waals surface area contributed by atoms with Crippen molar-refractivity contribution in [2.45, 2.75) is 25.4 Å². The molecule has 4 rings (SSSR count). The summed E-state index contributed by atoms with van der Waals surface area (Å²) >= 11 is 0. The molecule has 9 heteroatoms. The molecule has 0 radical (unpaired) electrons. The van der Waals surface area contributed by atoms with Crippen LogP contribution in [-0.4, -0.2) is 57.8 Å². The molecule has 1 atom stereocenters. The summed E-state index contributed by atoms with van der Waals surface area (Å²) < 4.78 is 32.4. The van der Waals surface area contributed by atoms with Crippen LogP contribution in [0.4, 0.5) is 8.78 Å². The van der Waals surface area contributed by atoms with E-state index in [9.17, 15) is 23.5 Å². The van der Waals surface area contributed by atoms with Crippen molar-refractivity contribution < 1.29 is 33.3 Å². The quantitative estimate of drug-likeness (QED) is 0.498. The number of aliphatic hydroxyl groups is 2. The number of ether oxygens (including phenoxy) is 1. The number of rotatable bonds is 5. The number of hydrogen-bond acceptors (Lipinski definition) is 5. The molecule has 3 N–H and O–H groups in total. The highest BCUT2D eigenvalue weighted by atomic mass is 19.2. The van der Waals surface area contributed by atoms with E-state index >= 15 is 0 Å². The molecule has 1 amide bonds. The van der Waals surface area contributed by atoms with Gasteiger partial charge in [0.2, 0.25) is 0 Å². The summed E-state index contributed by atoms with van der Waals surface area (Å²) in [7, 11) is 0. The Morgan fingerprint density at radius 3 is 2.62 bits per heavy atom. The monoisotopic (exact) mass is 470 g/mol. The number of halogens is 2. The number of carbonyl (C=O) groups is 2. The summed E-state index contributed by atoms with van der Waals surface area (Å²) in [5.74, 6) is -3.67. The smallest absolute Gasteiger partial charge is 0.341 e. The number of aromatic amines is 1. The fraction of sp³-hybridized carbons (Fsp3) is 0.280. The third kappa shape index (κ3) is 4.32. The Morgan fingerprint density at radius 2 is 1.91 bits per heavy atom. The normalized spacial score (nSPS) is 15.9. The number of nitrogens with one attached hydrogen (secondary N) is 1. The second kappa shape index (κ2) is 9.00. The molecule has 0 saturated heterocycles. The molecule has 0 bridgehead atoms. The first-order chi connectivity index (χ1) is 16.1. The van der Waals surface area contributed by atoms with Crippen molar-refractivity contribution in [2.24, 2.45) is 0 Å². The Morgan fingerprint density at radius 1 is 1.18 bits per heavy atom. The van der Waals surface area contributed by atoms with Crippen molar-refractivity contribution in [3.8, 4) is 0 Å². The van der Waals surface area contributed by atoms with Crippen LogP contribution in [0.3, 0.4) is 0 Å². The molecule has 1 aromatic heterocycles. The van der Waals surface area contributed by atoms with Crippen molar-refractivity contribution >= 4 is 28.4 Å². The molecule has 7 nitrogen and oxygen atoms in total. The Labute approximate surface area is 194 Å². The number of aliphatic hydroxyl groups excluding tert-OH is 2. The van der Waals surface area contributed by atoms with Gasteiger partial charge in [-0.3, -0.25) is 4.79 Å². The number of nitrogens with zero attached hydrogens (tertiary/aromatic N) is 1. The number of fused-ring (bicyclic) bond motifs is 3. The maximum atomic E-state index is 13.8. The van der Waals surface area contributed by atoms with Crippen molar-refractivity contribution in [1.82, 2.24) is 9.88 Å². The first kappa shape index (κ1) is 23.6. The molecule has 0 fully saturated rings. The van der Waals surface area contributed by atoms with Gasteiger partial charge in [0.15, 0.2) is 11.6 Å². The third-order valence-corrected chi connectivity index (χ3v) is 5.77. The van der Waals surface area contributed by atoms with Gasteiger partial charge in [-0.15, -0.1) is 0 Å². The Kier molecular flexibility index (Phi) is 6.24. The fourth-order valence-electron chi connectivity index (χ4n) is 4.20. The maximum absolute atomic E-state index is 13.8. The van der Waals surface area contributed by atoms with E-state index in [2.05, 4.69) is 4.98 Å². The topological polar surface area (TPSA) is 103 Å². The summed E-state index contributed by atoms with van der Waals surface area (Å²) in [6.07, 6.45) is 0.0640. The van der Waals surface area contributed by atoms with Crippen LogP contribution in [0.5, 0.6) is 0 Å². The average Bonchev–Trinajstić information content (AvgIpc) is 3.16. The van der Waals surface area contributed by atoms with Gasteiger partial charge in [-0.2, -0.15) is 0 Å². The third-order valence-electron chi connectivity index (χ3n) is 5.77. The zero-order chi connectivity index (χ0) is 24.6. The van der Waals surface area contributed by atoms with Crippen LogP contribution >= 0.6 is 0 Å². The molecule has 34 heavy (non-hydrogen) atoms. The zero-order valence-electron chi connectivity index (χ0n) is 18.6. The molecule has 0 spiro atoms. The molecule has 178 valence electrons. The Hall–Kier alpha value is -3.56. The SMILES string of the molecule is CC1(C)CN(C(=O)c2ccc(F)c(F)c2)C=C(C(=O)OC[C@@H](O)CO)c2[nH]c3ccccc3c21. The lowest BCUT2D eigenvalue weighted by Crippen LogP contribution is -2.37. The second-order valence-electron chi connectivity index (χ2n) is 8.84. The molecule has 1 aliphatic heterocycles. The highest BCUT2D eigenvalue weighted by molar-refractivity contribution is 6.18. The largest absolute Gasteiger partial charge is 0.459 e. The van der Waals surface area contributed by atoms with Gasteiger partial charge in [-0.25, -0.2) is 13.6 Å². The Bertz CT molecular complexity index is 1300. The van der Waals surface area contributed by atoms with Crippen LogP contribution in [0.25, 0.3) is 16.5 Å². The van der Waals surface area contributed by atoms with Crippen LogP contribution in [0.2, 0.25) is 0 Å². The Balaban J connectivity index is 1.83. The van der Waals surface area contributed by atoms with Crippen LogP contribution < -0.4 is 0 Å². The van der Waals surface area contributed by atoms with E-state index < -0.39 is 48.2 Å². The predicted octanol–water partition coefficient (Wildman–Crippen LogP) is 3.12. The molecule has 0 aliphatic carbocycles. The first-order valence-corrected chi connectivity index (χ1v) is 10.7. The minimum absolute atomic E-state index is 0.0258. The predicted molar refractivity (Wildman–Crippen MR) is 121 cm³/mol. The summed E-state index contributed by atoms with van der Waals surface area (Å²) in [5, 5.41) is 19.5. The zero-order valence-corrected chi connectivity index (χ0v) is 18.6. The molecule has 1 aliphatic rings. The van der Waals surface area contributed by atoms with Gasteiger partial charge in [-0.1, -0.05) is 32.0 Å². The van der Waals surface area contributed by atoms with Gasteiger partial charge >= 0.3 is 5.97 Å². The fourth-order valence-corrected chi connectivity index (χ4v) is 4.20. The number of amides is 1. The average molecular weight is 470 g/mol. The number of aromatic nitrogens is 1. The van der Waals surface area contributed by atoms with Crippen LogP contribution in [0.15, 0.2) is 48.7 Å². The van der Waals surface area contributed by atoms with Gasteiger partial charge in [0.1, 0.15) is 12.7 Å².